The molecule has 0 unspecified atom stereocenters. The number of carbonyl (C=O) groups is 2. The van der Waals surface area contributed by atoms with Crippen molar-refractivity contribution in [3.63, 3.8) is 0 Å². The van der Waals surface area contributed by atoms with Crippen LogP contribution >= 0.6 is 11.6 Å². The van der Waals surface area contributed by atoms with Crippen molar-refractivity contribution in [2.75, 3.05) is 17.2 Å². The lowest BCUT2D eigenvalue weighted by Crippen LogP contribution is -2.32. The summed E-state index contributed by atoms with van der Waals surface area (Å²) < 4.78 is 7.18. The third-order valence-corrected chi connectivity index (χ3v) is 6.14. The highest BCUT2D eigenvalue weighted by Gasteiger charge is 2.37. The number of halogens is 1. The Balaban J connectivity index is 1.50. The van der Waals surface area contributed by atoms with Crippen molar-refractivity contribution in [2.45, 2.75) is 32.2 Å². The van der Waals surface area contributed by atoms with Gasteiger partial charge in [-0.15, -0.1) is 0 Å². The fraction of sp³-hybridized carbons (Fsp3) is 0.240. The van der Waals surface area contributed by atoms with Gasteiger partial charge in [-0.2, -0.15) is 5.10 Å². The van der Waals surface area contributed by atoms with Crippen LogP contribution in [0.1, 0.15) is 48.1 Å². The van der Waals surface area contributed by atoms with E-state index in [-0.39, 0.29) is 11.7 Å². The molecule has 33 heavy (non-hydrogen) atoms. The van der Waals surface area contributed by atoms with Gasteiger partial charge >= 0.3 is 0 Å². The number of carbonyl (C=O) groups excluding carboxylic acids is 2. The maximum atomic E-state index is 13.1. The second-order valence-electron chi connectivity index (χ2n) is 8.01. The fourth-order valence-electron chi connectivity index (χ4n) is 4.38. The number of rotatable bonds is 5. The Bertz CT molecular complexity index is 1250. The van der Waals surface area contributed by atoms with Crippen LogP contribution in [0.15, 0.2) is 66.0 Å². The molecule has 1 aliphatic heterocycles. The highest BCUT2D eigenvalue weighted by Crippen LogP contribution is 2.41. The highest BCUT2D eigenvalue weighted by molar-refractivity contribution is 6.30. The summed E-state index contributed by atoms with van der Waals surface area (Å²) in [6, 6.07) is 14.2. The second-order valence-corrected chi connectivity index (χ2v) is 8.45. The van der Waals surface area contributed by atoms with E-state index in [0.717, 1.165) is 29.9 Å². The number of allylic oxidation sites excluding steroid dienone is 2. The standard InChI is InChI=1S/C25H23ClN4O3/c1-2-33-18-12-10-17(11-13-18)28-25(32)19-14-27-30-23(15-6-8-16(26)9-7-15)22-20(29-24(19)30)4-3-5-21(22)31/h6-14,23,29H,2-5H2,1H3,(H,28,32)/t23-/m1/s1. The Kier molecular flexibility index (Phi) is 5.64. The molecular formula is C25H23ClN4O3. The Morgan fingerprint density at radius 1 is 1.18 bits per heavy atom. The molecule has 1 amide bonds. The number of Topliss-reactive ketones (excluding diaryl/α,β-unsaturated/α-hetero) is 1. The number of ketones is 1. The number of hydrogen-bond donors (Lipinski definition) is 2. The molecule has 0 bridgehead atoms. The lowest BCUT2D eigenvalue weighted by Gasteiger charge is -2.33. The van der Waals surface area contributed by atoms with Crippen LogP contribution in [0.5, 0.6) is 5.75 Å². The first kappa shape index (κ1) is 21.3. The van der Waals surface area contributed by atoms with Crippen LogP contribution in [0.25, 0.3) is 0 Å². The van der Waals surface area contributed by atoms with Gasteiger partial charge in [-0.1, -0.05) is 23.7 Å². The quantitative estimate of drug-likeness (QED) is 0.543. The summed E-state index contributed by atoms with van der Waals surface area (Å²) in [5.74, 6) is 1.14. The van der Waals surface area contributed by atoms with Crippen molar-refractivity contribution in [3.05, 3.63) is 82.1 Å². The maximum absolute atomic E-state index is 13.1. The number of nitrogens with zero attached hydrogens (tertiary/aromatic N) is 2. The van der Waals surface area contributed by atoms with Crippen LogP contribution < -0.4 is 15.4 Å². The Labute approximate surface area is 196 Å². The van der Waals surface area contributed by atoms with Gasteiger partial charge in [-0.3, -0.25) is 9.59 Å². The first-order chi connectivity index (χ1) is 16.0. The molecule has 0 saturated carbocycles. The minimum Gasteiger partial charge on any atom is -0.494 e. The zero-order valence-corrected chi connectivity index (χ0v) is 18.9. The van der Waals surface area contributed by atoms with Crippen molar-refractivity contribution in [1.82, 2.24) is 9.78 Å². The molecule has 0 spiro atoms. The summed E-state index contributed by atoms with van der Waals surface area (Å²) in [4.78, 5) is 26.0. The molecule has 1 aromatic heterocycles. The van der Waals surface area contributed by atoms with E-state index in [9.17, 15) is 9.59 Å². The predicted molar refractivity (Wildman–Crippen MR) is 127 cm³/mol. The van der Waals surface area contributed by atoms with Gasteiger partial charge in [0.1, 0.15) is 23.2 Å². The Hall–Kier alpha value is -3.58. The van der Waals surface area contributed by atoms with Gasteiger partial charge in [0, 0.05) is 28.4 Å². The smallest absolute Gasteiger partial charge is 0.261 e. The number of anilines is 2. The minimum atomic E-state index is -0.409. The summed E-state index contributed by atoms with van der Waals surface area (Å²) in [7, 11) is 0. The lowest BCUT2D eigenvalue weighted by molar-refractivity contribution is -0.116. The summed E-state index contributed by atoms with van der Waals surface area (Å²) in [6.45, 7) is 2.50. The third-order valence-electron chi connectivity index (χ3n) is 5.89. The molecule has 1 aliphatic carbocycles. The number of aromatic nitrogens is 2. The SMILES string of the molecule is CCOc1ccc(NC(=O)c2cnn3c2NC2=C(C(=O)CCC2)[C@H]3c2ccc(Cl)cc2)cc1. The van der Waals surface area contributed by atoms with Crippen molar-refractivity contribution in [3.8, 4) is 5.75 Å². The van der Waals surface area contributed by atoms with Gasteiger partial charge in [-0.05, 0) is 61.7 Å². The highest BCUT2D eigenvalue weighted by atomic mass is 35.5. The molecule has 1 atom stereocenters. The van der Waals surface area contributed by atoms with Crippen LogP contribution in [0.4, 0.5) is 11.5 Å². The monoisotopic (exact) mass is 462 g/mol. The molecule has 2 aliphatic rings. The number of fused-ring (bicyclic) bond motifs is 1. The Morgan fingerprint density at radius 2 is 1.94 bits per heavy atom. The average Bonchev–Trinajstić information content (AvgIpc) is 3.24. The number of ether oxygens (including phenoxy) is 1. The first-order valence-corrected chi connectivity index (χ1v) is 11.3. The van der Waals surface area contributed by atoms with Crippen molar-refractivity contribution in [2.24, 2.45) is 0 Å². The molecule has 3 aromatic rings. The molecule has 0 fully saturated rings. The van der Waals surface area contributed by atoms with Crippen molar-refractivity contribution in [1.29, 1.82) is 0 Å². The van der Waals surface area contributed by atoms with Gasteiger partial charge in [0.05, 0.1) is 12.8 Å². The maximum Gasteiger partial charge on any atom is 0.261 e. The van der Waals surface area contributed by atoms with Gasteiger partial charge in [0.2, 0.25) is 0 Å². The summed E-state index contributed by atoms with van der Waals surface area (Å²) in [5, 5.41) is 11.4. The van der Waals surface area contributed by atoms with E-state index in [1.807, 2.05) is 31.2 Å². The first-order valence-electron chi connectivity index (χ1n) is 11.0. The number of nitrogens with one attached hydrogen (secondary N) is 2. The van der Waals surface area contributed by atoms with E-state index < -0.39 is 6.04 Å². The number of amides is 1. The fourth-order valence-corrected chi connectivity index (χ4v) is 4.50. The van der Waals surface area contributed by atoms with E-state index >= 15 is 0 Å². The topological polar surface area (TPSA) is 85.2 Å². The van der Waals surface area contributed by atoms with Crippen LogP contribution in [0.2, 0.25) is 5.02 Å². The average molecular weight is 463 g/mol. The molecule has 8 heteroatoms. The summed E-state index contributed by atoms with van der Waals surface area (Å²) in [5.41, 5.74) is 3.52. The molecular weight excluding hydrogens is 440 g/mol. The second kappa shape index (κ2) is 8.75. The number of benzene rings is 2. The van der Waals surface area contributed by atoms with Gasteiger partial charge in [0.25, 0.3) is 5.91 Å². The number of hydrogen-bond acceptors (Lipinski definition) is 5. The Morgan fingerprint density at radius 3 is 2.67 bits per heavy atom. The van der Waals surface area contributed by atoms with E-state index in [4.69, 9.17) is 16.3 Å². The van der Waals surface area contributed by atoms with Crippen LogP contribution in [0.3, 0.4) is 0 Å². The minimum absolute atomic E-state index is 0.102. The zero-order chi connectivity index (χ0) is 22.9. The van der Waals surface area contributed by atoms with Crippen LogP contribution in [-0.4, -0.2) is 28.1 Å². The van der Waals surface area contributed by atoms with Crippen LogP contribution in [-0.2, 0) is 4.79 Å². The largest absolute Gasteiger partial charge is 0.494 e. The summed E-state index contributed by atoms with van der Waals surface area (Å²) in [6.07, 6.45) is 3.57. The molecule has 7 nitrogen and oxygen atoms in total. The van der Waals surface area contributed by atoms with Gasteiger partial charge < -0.3 is 15.4 Å². The zero-order valence-electron chi connectivity index (χ0n) is 18.1. The van der Waals surface area contributed by atoms with Crippen molar-refractivity contribution < 1.29 is 14.3 Å². The molecule has 2 aromatic carbocycles. The van der Waals surface area contributed by atoms with E-state index in [1.165, 1.54) is 6.20 Å². The van der Waals surface area contributed by atoms with Gasteiger partial charge in [-0.25, -0.2) is 4.68 Å². The van der Waals surface area contributed by atoms with Crippen molar-refractivity contribution >= 4 is 34.8 Å². The molecule has 168 valence electrons. The predicted octanol–water partition coefficient (Wildman–Crippen LogP) is 5.21. The van der Waals surface area contributed by atoms with Gasteiger partial charge in [0.15, 0.2) is 5.78 Å². The molecule has 0 radical (unpaired) electrons. The lowest BCUT2D eigenvalue weighted by atomic mass is 9.85. The van der Waals surface area contributed by atoms with Crippen LogP contribution in [0, 0.1) is 0 Å². The van der Waals surface area contributed by atoms with E-state index in [0.29, 0.717) is 40.7 Å². The normalized spacial score (nSPS) is 17.2. The third kappa shape index (κ3) is 4.00. The summed E-state index contributed by atoms with van der Waals surface area (Å²) >= 11 is 6.09. The molecule has 2 heterocycles. The van der Waals surface area contributed by atoms with E-state index in [2.05, 4.69) is 15.7 Å². The molecule has 2 N–H and O–H groups in total. The van der Waals surface area contributed by atoms with E-state index in [1.54, 1.807) is 28.9 Å². The molecule has 0 saturated heterocycles. The molecule has 5 rings (SSSR count).